The molecule has 0 bridgehead atoms. The van der Waals surface area contributed by atoms with Gasteiger partial charge in [-0.15, -0.1) is 0 Å². The van der Waals surface area contributed by atoms with Gasteiger partial charge in [0.15, 0.2) is 0 Å². The van der Waals surface area contributed by atoms with E-state index in [0.717, 1.165) is 17.7 Å². The summed E-state index contributed by atoms with van der Waals surface area (Å²) in [5, 5.41) is 2.96. The van der Waals surface area contributed by atoms with Gasteiger partial charge in [-0.3, -0.25) is 9.69 Å². The highest BCUT2D eigenvalue weighted by Crippen LogP contribution is 2.22. The lowest BCUT2D eigenvalue weighted by Gasteiger charge is -2.26. The Labute approximate surface area is 166 Å². The molecule has 0 aliphatic rings. The van der Waals surface area contributed by atoms with E-state index in [1.54, 1.807) is 18.3 Å². The summed E-state index contributed by atoms with van der Waals surface area (Å²) in [4.78, 5) is 19.2. The number of aromatic nitrogens is 1. The van der Waals surface area contributed by atoms with Crippen molar-refractivity contribution >= 4 is 11.6 Å². The van der Waals surface area contributed by atoms with Crippen molar-refractivity contribution in [2.24, 2.45) is 0 Å². The van der Waals surface area contributed by atoms with Crippen LogP contribution in [0.25, 0.3) is 0 Å². The summed E-state index contributed by atoms with van der Waals surface area (Å²) in [5.41, 5.74) is 2.68. The van der Waals surface area contributed by atoms with E-state index >= 15 is 0 Å². The molecule has 1 N–H and O–H groups in total. The first kappa shape index (κ1) is 19.6. The van der Waals surface area contributed by atoms with Gasteiger partial charge in [0.1, 0.15) is 12.6 Å². The Morgan fingerprint density at radius 1 is 1.04 bits per heavy atom. The molecule has 2 aromatic carbocycles. The highest BCUT2D eigenvalue weighted by molar-refractivity contribution is 5.95. The van der Waals surface area contributed by atoms with Gasteiger partial charge in [-0.05, 0) is 30.8 Å². The van der Waals surface area contributed by atoms with E-state index in [0.29, 0.717) is 18.2 Å². The molecule has 0 fully saturated rings. The Bertz CT molecular complexity index is 867. The maximum Gasteiger partial charge on any atom is 0.246 e. The standard InChI is InChI=1S/C23H25N3O2/c1-3-26(2)22(19-12-8-5-9-13-19)23(27)25-20-14-15-21(24-16-20)28-17-18-10-6-4-7-11-18/h4-16,22H,3,17H2,1-2H3,(H,25,27). The number of benzene rings is 2. The average molecular weight is 375 g/mol. The molecule has 3 aromatic rings. The first-order chi connectivity index (χ1) is 13.7. The van der Waals surface area contributed by atoms with Crippen LogP contribution in [0, 0.1) is 0 Å². The second-order valence-electron chi connectivity index (χ2n) is 6.54. The maximum atomic E-state index is 12.9. The molecule has 144 valence electrons. The summed E-state index contributed by atoms with van der Waals surface area (Å²) in [5.74, 6) is 0.433. The van der Waals surface area contributed by atoms with Crippen LogP contribution in [0.1, 0.15) is 24.1 Å². The number of hydrogen-bond acceptors (Lipinski definition) is 4. The lowest BCUT2D eigenvalue weighted by molar-refractivity contribution is -0.121. The van der Waals surface area contributed by atoms with Crippen LogP contribution in [0.4, 0.5) is 5.69 Å². The summed E-state index contributed by atoms with van der Waals surface area (Å²) < 4.78 is 5.69. The molecule has 1 unspecified atom stereocenters. The highest BCUT2D eigenvalue weighted by atomic mass is 16.5. The van der Waals surface area contributed by atoms with Crippen LogP contribution in [0.15, 0.2) is 79.0 Å². The summed E-state index contributed by atoms with van der Waals surface area (Å²) in [6.45, 7) is 3.25. The number of amides is 1. The van der Waals surface area contributed by atoms with Gasteiger partial charge in [-0.25, -0.2) is 4.98 Å². The number of nitrogens with zero attached hydrogens (tertiary/aromatic N) is 2. The predicted octanol–water partition coefficient (Wildman–Crippen LogP) is 4.29. The lowest BCUT2D eigenvalue weighted by atomic mass is 10.0. The zero-order chi connectivity index (χ0) is 19.8. The monoisotopic (exact) mass is 375 g/mol. The lowest BCUT2D eigenvalue weighted by Crippen LogP contribution is -2.34. The molecule has 28 heavy (non-hydrogen) atoms. The highest BCUT2D eigenvalue weighted by Gasteiger charge is 2.24. The second kappa shape index (κ2) is 9.67. The molecule has 1 aromatic heterocycles. The maximum absolute atomic E-state index is 12.9. The molecule has 3 rings (SSSR count). The average Bonchev–Trinajstić information content (AvgIpc) is 2.75. The molecule has 5 heteroatoms. The van der Waals surface area contributed by atoms with Gasteiger partial charge in [-0.2, -0.15) is 0 Å². The number of rotatable bonds is 8. The minimum Gasteiger partial charge on any atom is -0.473 e. The van der Waals surface area contributed by atoms with Gasteiger partial charge in [0.25, 0.3) is 0 Å². The van der Waals surface area contributed by atoms with E-state index < -0.39 is 0 Å². The van der Waals surface area contributed by atoms with Gasteiger partial charge >= 0.3 is 0 Å². The van der Waals surface area contributed by atoms with Gasteiger partial charge in [0.2, 0.25) is 11.8 Å². The Balaban J connectivity index is 1.64. The van der Waals surface area contributed by atoms with Crippen LogP contribution in [0.5, 0.6) is 5.88 Å². The predicted molar refractivity (Wildman–Crippen MR) is 111 cm³/mol. The largest absolute Gasteiger partial charge is 0.473 e. The van der Waals surface area contributed by atoms with Crippen molar-refractivity contribution in [2.75, 3.05) is 18.9 Å². The van der Waals surface area contributed by atoms with Crippen molar-refractivity contribution in [1.29, 1.82) is 0 Å². The fourth-order valence-electron chi connectivity index (χ4n) is 2.91. The van der Waals surface area contributed by atoms with Gasteiger partial charge in [-0.1, -0.05) is 67.6 Å². The zero-order valence-corrected chi connectivity index (χ0v) is 16.2. The molecular weight excluding hydrogens is 350 g/mol. The molecule has 1 amide bonds. The van der Waals surface area contributed by atoms with Crippen LogP contribution in [0.3, 0.4) is 0 Å². The van der Waals surface area contributed by atoms with E-state index in [1.165, 1.54) is 0 Å². The van der Waals surface area contributed by atoms with E-state index in [9.17, 15) is 4.79 Å². The number of nitrogens with one attached hydrogen (secondary N) is 1. The number of ether oxygens (including phenoxy) is 1. The first-order valence-electron chi connectivity index (χ1n) is 9.36. The van der Waals surface area contributed by atoms with E-state index in [4.69, 9.17) is 4.74 Å². The van der Waals surface area contributed by atoms with E-state index in [2.05, 4.69) is 10.3 Å². The number of carbonyl (C=O) groups excluding carboxylic acids is 1. The van der Waals surface area contributed by atoms with E-state index in [-0.39, 0.29) is 11.9 Å². The van der Waals surface area contributed by atoms with Crippen molar-refractivity contribution in [3.63, 3.8) is 0 Å². The minimum absolute atomic E-state index is 0.0877. The smallest absolute Gasteiger partial charge is 0.246 e. The zero-order valence-electron chi connectivity index (χ0n) is 16.2. The SMILES string of the molecule is CCN(C)C(C(=O)Nc1ccc(OCc2ccccc2)nc1)c1ccccc1. The number of carbonyl (C=O) groups is 1. The van der Waals surface area contributed by atoms with Crippen LogP contribution >= 0.6 is 0 Å². The van der Waals surface area contributed by atoms with Crippen molar-refractivity contribution in [3.05, 3.63) is 90.1 Å². The summed E-state index contributed by atoms with van der Waals surface area (Å²) in [6.07, 6.45) is 1.62. The molecule has 1 atom stereocenters. The Hall–Kier alpha value is -3.18. The first-order valence-corrected chi connectivity index (χ1v) is 9.36. The van der Waals surface area contributed by atoms with Crippen molar-refractivity contribution in [2.45, 2.75) is 19.6 Å². The Kier molecular flexibility index (Phi) is 6.76. The van der Waals surface area contributed by atoms with Crippen LogP contribution in [-0.2, 0) is 11.4 Å². The van der Waals surface area contributed by atoms with E-state index in [1.807, 2.05) is 79.5 Å². The topological polar surface area (TPSA) is 54.5 Å². The summed E-state index contributed by atoms with van der Waals surface area (Å²) in [7, 11) is 1.94. The second-order valence-corrected chi connectivity index (χ2v) is 6.54. The van der Waals surface area contributed by atoms with Gasteiger partial charge in [0, 0.05) is 6.07 Å². The quantitative estimate of drug-likeness (QED) is 0.638. The third-order valence-corrected chi connectivity index (χ3v) is 4.54. The van der Waals surface area contributed by atoms with Crippen LogP contribution in [0.2, 0.25) is 0 Å². The fourth-order valence-corrected chi connectivity index (χ4v) is 2.91. The third kappa shape index (κ3) is 5.18. The number of likely N-dealkylation sites (N-methyl/N-ethyl adjacent to an activating group) is 1. The van der Waals surface area contributed by atoms with Crippen molar-refractivity contribution in [1.82, 2.24) is 9.88 Å². The number of pyridine rings is 1. The van der Waals surface area contributed by atoms with Crippen LogP contribution < -0.4 is 10.1 Å². The molecule has 0 radical (unpaired) electrons. The number of hydrogen-bond donors (Lipinski definition) is 1. The third-order valence-electron chi connectivity index (χ3n) is 4.54. The number of anilines is 1. The molecule has 0 aliphatic carbocycles. The molecule has 5 nitrogen and oxygen atoms in total. The van der Waals surface area contributed by atoms with Gasteiger partial charge < -0.3 is 10.1 Å². The molecule has 0 aliphatic heterocycles. The molecule has 0 saturated heterocycles. The normalized spacial score (nSPS) is 11.8. The molecular formula is C23H25N3O2. The molecule has 1 heterocycles. The van der Waals surface area contributed by atoms with Crippen molar-refractivity contribution in [3.8, 4) is 5.88 Å². The minimum atomic E-state index is -0.361. The molecule has 0 spiro atoms. The molecule has 0 saturated carbocycles. The van der Waals surface area contributed by atoms with Gasteiger partial charge in [0.05, 0.1) is 11.9 Å². The summed E-state index contributed by atoms with van der Waals surface area (Å²) >= 11 is 0. The summed E-state index contributed by atoms with van der Waals surface area (Å²) in [6, 6.07) is 22.9. The van der Waals surface area contributed by atoms with Crippen molar-refractivity contribution < 1.29 is 9.53 Å². The Morgan fingerprint density at radius 2 is 1.71 bits per heavy atom. The Morgan fingerprint density at radius 3 is 2.32 bits per heavy atom. The fraction of sp³-hybridized carbons (Fsp3) is 0.217. The van der Waals surface area contributed by atoms with Crippen LogP contribution in [-0.4, -0.2) is 29.4 Å².